The molecule has 2 aliphatic carbocycles. The van der Waals surface area contributed by atoms with Crippen LogP contribution in [-0.4, -0.2) is 7.11 Å². The molecule has 0 aliphatic heterocycles. The van der Waals surface area contributed by atoms with Crippen LogP contribution in [-0.2, 0) is 0 Å². The molecule has 0 heterocycles. The monoisotopic (exact) mass is 172 g/mol. The van der Waals surface area contributed by atoms with Gasteiger partial charge in [-0.15, -0.1) is 0 Å². The molecule has 3 rings (SSSR count). The zero-order chi connectivity index (χ0) is 8.84. The zero-order valence-electron chi connectivity index (χ0n) is 7.66. The summed E-state index contributed by atoms with van der Waals surface area (Å²) < 4.78 is 5.20. The molecule has 0 radical (unpaired) electrons. The molecule has 1 heteroatoms. The minimum absolute atomic E-state index is 0.819. The average molecular weight is 172 g/mol. The lowest BCUT2D eigenvalue weighted by atomic mass is 10.1. The maximum absolute atomic E-state index is 5.20. The second-order valence-electron chi connectivity index (χ2n) is 3.89. The third-order valence-corrected chi connectivity index (χ3v) is 2.97. The van der Waals surface area contributed by atoms with Crippen molar-refractivity contribution in [2.45, 2.75) is 6.42 Å². The number of rotatable bonds is 1. The highest BCUT2D eigenvalue weighted by molar-refractivity contribution is 5.50. The first-order valence-corrected chi connectivity index (χ1v) is 4.74. The van der Waals surface area contributed by atoms with Gasteiger partial charge in [0.05, 0.1) is 7.11 Å². The van der Waals surface area contributed by atoms with E-state index in [1.54, 1.807) is 7.11 Å². The molecule has 0 saturated heterocycles. The standard InChI is InChI=1S/C12H12O/c1-13-12-3-2-8-4-9-5-10(9)6-11(8)7-12/h2-4,6-7,9-10H,5H2,1H3. The van der Waals surface area contributed by atoms with Crippen LogP contribution in [0.1, 0.15) is 6.42 Å². The van der Waals surface area contributed by atoms with Gasteiger partial charge in [0, 0.05) is 0 Å². The molecular formula is C12H12O. The molecule has 2 aliphatic rings. The fourth-order valence-corrected chi connectivity index (χ4v) is 2.06. The Labute approximate surface area is 77.3 Å². The number of hydrogen-bond acceptors (Lipinski definition) is 1. The molecule has 1 aromatic rings. The Hall–Kier alpha value is -1.24. The highest BCUT2D eigenvalue weighted by atomic mass is 16.5. The van der Waals surface area contributed by atoms with Crippen molar-refractivity contribution >= 4 is 12.2 Å². The van der Waals surface area contributed by atoms with Crippen LogP contribution in [0.3, 0.4) is 0 Å². The molecular weight excluding hydrogens is 160 g/mol. The van der Waals surface area contributed by atoms with Crippen LogP contribution in [0.4, 0.5) is 0 Å². The Morgan fingerprint density at radius 3 is 2.69 bits per heavy atom. The van der Waals surface area contributed by atoms with E-state index in [9.17, 15) is 0 Å². The number of benzene rings is 1. The fraction of sp³-hybridized carbons (Fsp3) is 0.333. The van der Waals surface area contributed by atoms with E-state index in [2.05, 4.69) is 24.3 Å². The molecule has 1 aromatic carbocycles. The molecule has 0 amide bonds. The van der Waals surface area contributed by atoms with Gasteiger partial charge in [0.1, 0.15) is 5.75 Å². The Bertz CT molecular complexity index is 459. The largest absolute Gasteiger partial charge is 0.497 e. The van der Waals surface area contributed by atoms with Crippen LogP contribution in [0, 0.1) is 11.8 Å². The second kappa shape index (κ2) is 2.38. The molecule has 0 bridgehead atoms. The van der Waals surface area contributed by atoms with Gasteiger partial charge in [-0.25, -0.2) is 0 Å². The van der Waals surface area contributed by atoms with Crippen molar-refractivity contribution in [1.29, 1.82) is 0 Å². The number of fused-ring (bicyclic) bond motifs is 2. The predicted octanol–water partition coefficient (Wildman–Crippen LogP) is 0.906. The summed E-state index contributed by atoms with van der Waals surface area (Å²) in [5, 5.41) is 2.72. The van der Waals surface area contributed by atoms with Gasteiger partial charge in [-0.2, -0.15) is 0 Å². The summed E-state index contributed by atoms with van der Waals surface area (Å²) in [6.45, 7) is 0. The summed E-state index contributed by atoms with van der Waals surface area (Å²) in [6, 6.07) is 6.31. The highest BCUT2D eigenvalue weighted by Crippen LogP contribution is 2.41. The first kappa shape index (κ1) is 7.19. The molecule has 2 unspecified atom stereocenters. The van der Waals surface area contributed by atoms with Crippen molar-refractivity contribution < 1.29 is 4.74 Å². The molecule has 0 spiro atoms. The minimum atomic E-state index is 0.819. The second-order valence-corrected chi connectivity index (χ2v) is 3.89. The van der Waals surface area contributed by atoms with Crippen LogP contribution in [0.15, 0.2) is 18.2 Å². The molecule has 0 N–H and O–H groups in total. The first-order valence-electron chi connectivity index (χ1n) is 4.74. The van der Waals surface area contributed by atoms with E-state index in [4.69, 9.17) is 4.74 Å². The third-order valence-electron chi connectivity index (χ3n) is 2.97. The van der Waals surface area contributed by atoms with Gasteiger partial charge < -0.3 is 4.74 Å². The Morgan fingerprint density at radius 2 is 1.92 bits per heavy atom. The number of hydrogen-bond donors (Lipinski definition) is 0. The van der Waals surface area contributed by atoms with Gasteiger partial charge in [-0.05, 0) is 40.8 Å². The molecule has 66 valence electrons. The number of methoxy groups -OCH3 is 1. The van der Waals surface area contributed by atoms with Crippen LogP contribution in [0.25, 0.3) is 12.2 Å². The normalized spacial score (nSPS) is 27.8. The quantitative estimate of drug-likeness (QED) is 0.611. The van der Waals surface area contributed by atoms with E-state index in [-0.39, 0.29) is 0 Å². The van der Waals surface area contributed by atoms with E-state index < -0.39 is 0 Å². The van der Waals surface area contributed by atoms with E-state index in [0.717, 1.165) is 17.6 Å². The van der Waals surface area contributed by atoms with Crippen molar-refractivity contribution in [3.8, 4) is 5.75 Å². The lowest BCUT2D eigenvalue weighted by molar-refractivity contribution is 0.414. The summed E-state index contributed by atoms with van der Waals surface area (Å²) in [4.78, 5) is 0. The van der Waals surface area contributed by atoms with Crippen LogP contribution < -0.4 is 15.2 Å². The highest BCUT2D eigenvalue weighted by Gasteiger charge is 2.34. The number of ether oxygens (including phenoxy) is 1. The smallest absolute Gasteiger partial charge is 0.119 e. The fourth-order valence-electron chi connectivity index (χ4n) is 2.06. The molecule has 0 aromatic heterocycles. The molecule has 1 fully saturated rings. The van der Waals surface area contributed by atoms with E-state index in [1.165, 1.54) is 16.9 Å². The van der Waals surface area contributed by atoms with Crippen molar-refractivity contribution in [1.82, 2.24) is 0 Å². The third kappa shape index (κ3) is 1.07. The van der Waals surface area contributed by atoms with Gasteiger partial charge in [0.15, 0.2) is 0 Å². The topological polar surface area (TPSA) is 9.23 Å². The van der Waals surface area contributed by atoms with Crippen molar-refractivity contribution in [3.63, 3.8) is 0 Å². The lowest BCUT2D eigenvalue weighted by Gasteiger charge is -2.02. The SMILES string of the molecule is COc1ccc2c(c1)=CC1CC1C=2. The van der Waals surface area contributed by atoms with Crippen LogP contribution in [0.2, 0.25) is 0 Å². The molecule has 2 atom stereocenters. The molecule has 13 heavy (non-hydrogen) atoms. The Morgan fingerprint density at radius 1 is 1.15 bits per heavy atom. The maximum Gasteiger partial charge on any atom is 0.119 e. The lowest BCUT2D eigenvalue weighted by Crippen LogP contribution is -2.26. The van der Waals surface area contributed by atoms with Crippen molar-refractivity contribution in [2.24, 2.45) is 11.8 Å². The van der Waals surface area contributed by atoms with Crippen molar-refractivity contribution in [3.05, 3.63) is 28.6 Å². The van der Waals surface area contributed by atoms with Gasteiger partial charge in [0.2, 0.25) is 0 Å². The van der Waals surface area contributed by atoms with Crippen LogP contribution in [0.5, 0.6) is 5.75 Å². The first-order chi connectivity index (χ1) is 6.36. The minimum Gasteiger partial charge on any atom is -0.497 e. The Kier molecular flexibility index (Phi) is 1.32. The molecule has 1 saturated carbocycles. The van der Waals surface area contributed by atoms with E-state index in [0.29, 0.717) is 0 Å². The summed E-state index contributed by atoms with van der Waals surface area (Å²) in [6.07, 6.45) is 6.11. The van der Waals surface area contributed by atoms with Crippen molar-refractivity contribution in [2.75, 3.05) is 7.11 Å². The summed E-state index contributed by atoms with van der Waals surface area (Å²) >= 11 is 0. The van der Waals surface area contributed by atoms with Gasteiger partial charge in [-0.3, -0.25) is 0 Å². The summed E-state index contributed by atoms with van der Waals surface area (Å²) in [5.74, 6) is 2.61. The van der Waals surface area contributed by atoms with Gasteiger partial charge >= 0.3 is 0 Å². The predicted molar refractivity (Wildman–Crippen MR) is 52.8 cm³/mol. The van der Waals surface area contributed by atoms with E-state index in [1.807, 2.05) is 6.07 Å². The Balaban J connectivity index is 2.25. The van der Waals surface area contributed by atoms with E-state index >= 15 is 0 Å². The van der Waals surface area contributed by atoms with Crippen LogP contribution >= 0.6 is 0 Å². The summed E-state index contributed by atoms with van der Waals surface area (Å²) in [7, 11) is 1.72. The van der Waals surface area contributed by atoms with Gasteiger partial charge in [-0.1, -0.05) is 18.2 Å². The summed E-state index contributed by atoms with van der Waals surface area (Å²) in [5.41, 5.74) is 0. The maximum atomic E-state index is 5.20. The average Bonchev–Trinajstić information content (AvgIpc) is 2.91. The zero-order valence-corrected chi connectivity index (χ0v) is 7.66. The molecule has 1 nitrogen and oxygen atoms in total. The van der Waals surface area contributed by atoms with Gasteiger partial charge in [0.25, 0.3) is 0 Å².